The number of hydrogen-bond acceptors (Lipinski definition) is 3. The number of rotatable bonds is 4. The fourth-order valence-electron chi connectivity index (χ4n) is 1.58. The molecule has 0 aliphatic carbocycles. The van der Waals surface area contributed by atoms with Crippen LogP contribution in [0.3, 0.4) is 0 Å². The van der Waals surface area contributed by atoms with E-state index in [1.54, 1.807) is 17.9 Å². The van der Waals surface area contributed by atoms with Gasteiger partial charge in [0.1, 0.15) is 11.5 Å². The van der Waals surface area contributed by atoms with Crippen LogP contribution in [0.25, 0.3) is 0 Å². The van der Waals surface area contributed by atoms with E-state index in [1.165, 1.54) is 12.1 Å². The van der Waals surface area contributed by atoms with Crippen molar-refractivity contribution in [3.8, 4) is 5.88 Å². The number of nitrogens with one attached hydrogen (secondary N) is 1. The van der Waals surface area contributed by atoms with Crippen molar-refractivity contribution in [2.75, 3.05) is 12.4 Å². The lowest BCUT2D eigenvalue weighted by Gasteiger charge is -2.05. The van der Waals surface area contributed by atoms with Gasteiger partial charge in [-0.3, -0.25) is 4.68 Å². The van der Waals surface area contributed by atoms with E-state index in [2.05, 4.69) is 10.4 Å². The molecule has 0 atom stereocenters. The van der Waals surface area contributed by atoms with Gasteiger partial charge in [-0.05, 0) is 17.7 Å². The van der Waals surface area contributed by atoms with Crippen molar-refractivity contribution in [2.24, 2.45) is 7.05 Å². The molecule has 0 radical (unpaired) electrons. The minimum atomic E-state index is -0.234. The molecule has 1 heterocycles. The smallest absolute Gasteiger partial charge is 0.256 e. The summed E-state index contributed by atoms with van der Waals surface area (Å²) < 4.78 is 19.7. The highest BCUT2D eigenvalue weighted by molar-refractivity contribution is 5.51. The van der Waals surface area contributed by atoms with Gasteiger partial charge < -0.3 is 10.1 Å². The van der Waals surface area contributed by atoms with Crippen LogP contribution < -0.4 is 10.1 Å². The molecule has 0 aliphatic heterocycles. The predicted octanol–water partition coefficient (Wildman–Crippen LogP) is 2.18. The van der Waals surface area contributed by atoms with Gasteiger partial charge in [0, 0.05) is 13.6 Å². The summed E-state index contributed by atoms with van der Waals surface area (Å²) in [4.78, 5) is 0. The first-order valence-electron chi connectivity index (χ1n) is 5.25. The zero-order valence-corrected chi connectivity index (χ0v) is 9.77. The first-order valence-corrected chi connectivity index (χ1v) is 5.25. The molecule has 5 heteroatoms. The molecule has 90 valence electrons. The maximum absolute atomic E-state index is 13.0. The average Bonchev–Trinajstić information content (AvgIpc) is 2.67. The van der Waals surface area contributed by atoms with Crippen LogP contribution in [0, 0.1) is 5.82 Å². The van der Waals surface area contributed by atoms with Crippen molar-refractivity contribution in [3.05, 3.63) is 41.8 Å². The SMILES string of the molecule is COc1nn(C)cc1NCc1cccc(F)c1. The summed E-state index contributed by atoms with van der Waals surface area (Å²) in [5.41, 5.74) is 1.66. The van der Waals surface area contributed by atoms with Crippen molar-refractivity contribution >= 4 is 5.69 Å². The number of ether oxygens (including phenoxy) is 1. The molecular formula is C12H14FN3O. The molecule has 0 saturated heterocycles. The number of benzene rings is 1. The standard InChI is InChI=1S/C12H14FN3O/c1-16-8-11(12(15-16)17-2)14-7-9-4-3-5-10(13)6-9/h3-6,8,14H,7H2,1-2H3. The Morgan fingerprint density at radius 1 is 1.47 bits per heavy atom. The maximum Gasteiger partial charge on any atom is 0.256 e. The molecule has 0 fully saturated rings. The fraction of sp³-hybridized carbons (Fsp3) is 0.250. The van der Waals surface area contributed by atoms with E-state index in [9.17, 15) is 4.39 Å². The second-order valence-corrected chi connectivity index (χ2v) is 3.71. The number of halogens is 1. The molecule has 1 aromatic heterocycles. The fourth-order valence-corrected chi connectivity index (χ4v) is 1.58. The van der Waals surface area contributed by atoms with E-state index < -0.39 is 0 Å². The van der Waals surface area contributed by atoms with E-state index in [0.29, 0.717) is 12.4 Å². The van der Waals surface area contributed by atoms with Crippen LogP contribution in [0.15, 0.2) is 30.5 Å². The molecular weight excluding hydrogens is 221 g/mol. The lowest BCUT2D eigenvalue weighted by molar-refractivity contribution is 0.393. The summed E-state index contributed by atoms with van der Waals surface area (Å²) in [6, 6.07) is 6.47. The van der Waals surface area contributed by atoms with Crippen LogP contribution in [-0.4, -0.2) is 16.9 Å². The van der Waals surface area contributed by atoms with Crippen LogP contribution >= 0.6 is 0 Å². The number of aryl methyl sites for hydroxylation is 1. The highest BCUT2D eigenvalue weighted by Crippen LogP contribution is 2.21. The molecule has 0 aliphatic rings. The number of aromatic nitrogens is 2. The molecule has 1 aromatic carbocycles. The quantitative estimate of drug-likeness (QED) is 0.882. The van der Waals surface area contributed by atoms with Gasteiger partial charge in [-0.15, -0.1) is 5.10 Å². The van der Waals surface area contributed by atoms with E-state index in [4.69, 9.17) is 4.74 Å². The van der Waals surface area contributed by atoms with Gasteiger partial charge >= 0.3 is 0 Å². The normalized spacial score (nSPS) is 10.3. The van der Waals surface area contributed by atoms with Crippen LogP contribution in [0.2, 0.25) is 0 Å². The Balaban J connectivity index is 2.06. The van der Waals surface area contributed by atoms with Crippen LogP contribution in [0.5, 0.6) is 5.88 Å². The third-order valence-corrected chi connectivity index (χ3v) is 2.36. The summed E-state index contributed by atoms with van der Waals surface area (Å²) in [7, 11) is 3.38. The third kappa shape index (κ3) is 2.75. The average molecular weight is 235 g/mol. The molecule has 4 nitrogen and oxygen atoms in total. The molecule has 0 saturated carbocycles. The van der Waals surface area contributed by atoms with Crippen molar-refractivity contribution in [3.63, 3.8) is 0 Å². The lowest BCUT2D eigenvalue weighted by Crippen LogP contribution is -2.00. The minimum Gasteiger partial charge on any atom is -0.478 e. The zero-order valence-electron chi connectivity index (χ0n) is 9.77. The van der Waals surface area contributed by atoms with Gasteiger partial charge in [-0.1, -0.05) is 12.1 Å². The maximum atomic E-state index is 13.0. The summed E-state index contributed by atoms with van der Waals surface area (Å²) in [6.45, 7) is 0.528. The van der Waals surface area contributed by atoms with Gasteiger partial charge in [-0.25, -0.2) is 4.39 Å². The molecule has 0 bridgehead atoms. The zero-order chi connectivity index (χ0) is 12.3. The molecule has 2 rings (SSSR count). The van der Waals surface area contributed by atoms with Crippen LogP contribution in [0.1, 0.15) is 5.56 Å². The molecule has 1 N–H and O–H groups in total. The van der Waals surface area contributed by atoms with Gasteiger partial charge in [0.15, 0.2) is 0 Å². The van der Waals surface area contributed by atoms with Gasteiger partial charge in [-0.2, -0.15) is 0 Å². The molecule has 2 aromatic rings. The lowest BCUT2D eigenvalue weighted by atomic mass is 10.2. The highest BCUT2D eigenvalue weighted by Gasteiger charge is 2.06. The van der Waals surface area contributed by atoms with Gasteiger partial charge in [0.25, 0.3) is 5.88 Å². The largest absolute Gasteiger partial charge is 0.478 e. The number of nitrogens with zero attached hydrogens (tertiary/aromatic N) is 2. The number of anilines is 1. The first-order chi connectivity index (χ1) is 8.19. The van der Waals surface area contributed by atoms with Crippen molar-refractivity contribution in [2.45, 2.75) is 6.54 Å². The van der Waals surface area contributed by atoms with Gasteiger partial charge in [0.05, 0.1) is 13.3 Å². The Labute approximate surface area is 99.0 Å². The Hall–Kier alpha value is -2.04. The minimum absolute atomic E-state index is 0.234. The summed E-state index contributed by atoms with van der Waals surface area (Å²) >= 11 is 0. The van der Waals surface area contributed by atoms with E-state index >= 15 is 0 Å². The molecule has 0 spiro atoms. The Bertz CT molecular complexity index is 510. The summed E-state index contributed by atoms with van der Waals surface area (Å²) in [5, 5.41) is 7.27. The van der Waals surface area contributed by atoms with E-state index in [0.717, 1.165) is 11.3 Å². The number of hydrogen-bond donors (Lipinski definition) is 1. The second kappa shape index (κ2) is 4.86. The second-order valence-electron chi connectivity index (χ2n) is 3.71. The van der Waals surface area contributed by atoms with Crippen LogP contribution in [0.4, 0.5) is 10.1 Å². The molecule has 0 unspecified atom stereocenters. The van der Waals surface area contributed by atoms with Crippen molar-refractivity contribution in [1.29, 1.82) is 0 Å². The van der Waals surface area contributed by atoms with Crippen molar-refractivity contribution in [1.82, 2.24) is 9.78 Å². The van der Waals surface area contributed by atoms with Crippen molar-refractivity contribution < 1.29 is 9.13 Å². The summed E-state index contributed by atoms with van der Waals surface area (Å²) in [6.07, 6.45) is 1.82. The topological polar surface area (TPSA) is 39.1 Å². The molecule has 17 heavy (non-hydrogen) atoms. The Morgan fingerprint density at radius 3 is 3.00 bits per heavy atom. The first kappa shape index (κ1) is 11.4. The molecule has 0 amide bonds. The summed E-state index contributed by atoms with van der Waals surface area (Å²) in [5.74, 6) is 0.298. The van der Waals surface area contributed by atoms with E-state index in [1.807, 2.05) is 19.3 Å². The van der Waals surface area contributed by atoms with Gasteiger partial charge in [0.2, 0.25) is 0 Å². The van der Waals surface area contributed by atoms with Crippen LogP contribution in [-0.2, 0) is 13.6 Å². The van der Waals surface area contributed by atoms with E-state index in [-0.39, 0.29) is 5.82 Å². The number of methoxy groups -OCH3 is 1. The predicted molar refractivity (Wildman–Crippen MR) is 63.5 cm³/mol. The monoisotopic (exact) mass is 235 g/mol. The third-order valence-electron chi connectivity index (χ3n) is 2.36. The highest BCUT2D eigenvalue weighted by atomic mass is 19.1. The Morgan fingerprint density at radius 2 is 2.29 bits per heavy atom. The Kier molecular flexibility index (Phi) is 3.27.